The Morgan fingerprint density at radius 1 is 0.905 bits per heavy atom. The highest BCUT2D eigenvalue weighted by molar-refractivity contribution is 9.09. The molecule has 0 saturated carbocycles. The van der Waals surface area contributed by atoms with Crippen LogP contribution >= 0.6 is 15.9 Å². The van der Waals surface area contributed by atoms with Gasteiger partial charge in [-0.1, -0.05) is 91.3 Å². The van der Waals surface area contributed by atoms with Gasteiger partial charge in [-0.05, 0) is 41.4 Å². The lowest BCUT2D eigenvalue weighted by molar-refractivity contribution is 0.590. The van der Waals surface area contributed by atoms with Crippen molar-refractivity contribution in [3.8, 4) is 0 Å². The Hall–Kier alpha value is -1.08. The van der Waals surface area contributed by atoms with Crippen LogP contribution in [-0.2, 0) is 11.8 Å². The van der Waals surface area contributed by atoms with Crippen molar-refractivity contribution in [3.63, 3.8) is 0 Å². The van der Waals surface area contributed by atoms with Crippen molar-refractivity contribution in [2.45, 2.75) is 50.3 Å². The number of halogens is 1. The molecule has 112 valence electrons. The van der Waals surface area contributed by atoms with Gasteiger partial charge in [-0.25, -0.2) is 0 Å². The Kier molecular flexibility index (Phi) is 5.64. The molecule has 0 aliphatic rings. The molecule has 0 saturated heterocycles. The maximum absolute atomic E-state index is 3.80. The van der Waals surface area contributed by atoms with Crippen molar-refractivity contribution in [2.75, 3.05) is 0 Å². The van der Waals surface area contributed by atoms with E-state index in [-0.39, 0.29) is 5.41 Å². The highest BCUT2D eigenvalue weighted by Gasteiger charge is 2.12. The van der Waals surface area contributed by atoms with Crippen molar-refractivity contribution in [3.05, 3.63) is 71.3 Å². The third-order valence-electron chi connectivity index (χ3n) is 3.90. The van der Waals surface area contributed by atoms with E-state index in [0.717, 1.165) is 6.42 Å². The molecule has 1 atom stereocenters. The van der Waals surface area contributed by atoms with E-state index in [2.05, 4.69) is 91.3 Å². The zero-order chi connectivity index (χ0) is 15.3. The molecule has 2 rings (SSSR count). The van der Waals surface area contributed by atoms with Crippen molar-refractivity contribution in [2.24, 2.45) is 0 Å². The minimum absolute atomic E-state index is 0.243. The van der Waals surface area contributed by atoms with E-state index in [9.17, 15) is 0 Å². The maximum atomic E-state index is 3.80. The van der Waals surface area contributed by atoms with Gasteiger partial charge in [0.15, 0.2) is 0 Å². The Bertz CT molecular complexity index is 534. The highest BCUT2D eigenvalue weighted by atomic mass is 79.9. The molecule has 0 spiro atoms. The van der Waals surface area contributed by atoms with E-state index >= 15 is 0 Å². The molecule has 0 fully saturated rings. The summed E-state index contributed by atoms with van der Waals surface area (Å²) in [6.45, 7) is 6.78. The summed E-state index contributed by atoms with van der Waals surface area (Å²) in [6.07, 6.45) is 3.53. The van der Waals surface area contributed by atoms with Gasteiger partial charge in [0.25, 0.3) is 0 Å². The number of hydrogen-bond donors (Lipinski definition) is 0. The maximum Gasteiger partial charge on any atom is 0.0395 e. The quantitative estimate of drug-likeness (QED) is 0.547. The summed E-state index contributed by atoms with van der Waals surface area (Å²) in [5.41, 5.74) is 4.47. The third kappa shape index (κ3) is 5.00. The largest absolute Gasteiger partial charge is 0.0839 e. The summed E-state index contributed by atoms with van der Waals surface area (Å²) in [5.74, 6) is 0. The minimum Gasteiger partial charge on any atom is -0.0839 e. The van der Waals surface area contributed by atoms with Gasteiger partial charge in [0.05, 0.1) is 0 Å². The zero-order valence-electron chi connectivity index (χ0n) is 13.3. The summed E-state index contributed by atoms with van der Waals surface area (Å²) >= 11 is 3.80. The molecule has 2 aromatic rings. The summed E-state index contributed by atoms with van der Waals surface area (Å²) in [4.78, 5) is 0.465. The van der Waals surface area contributed by atoms with E-state index in [0.29, 0.717) is 4.83 Å². The van der Waals surface area contributed by atoms with E-state index in [1.165, 1.54) is 29.5 Å². The van der Waals surface area contributed by atoms with Gasteiger partial charge in [-0.15, -0.1) is 0 Å². The first-order valence-electron chi connectivity index (χ1n) is 7.75. The summed E-state index contributed by atoms with van der Waals surface area (Å²) in [6, 6.07) is 19.8. The topological polar surface area (TPSA) is 0 Å². The highest BCUT2D eigenvalue weighted by Crippen LogP contribution is 2.28. The summed E-state index contributed by atoms with van der Waals surface area (Å²) in [5, 5.41) is 0. The van der Waals surface area contributed by atoms with Crippen LogP contribution in [0.25, 0.3) is 0 Å². The molecule has 0 nitrogen and oxygen atoms in total. The van der Waals surface area contributed by atoms with Gasteiger partial charge in [0.1, 0.15) is 0 Å². The van der Waals surface area contributed by atoms with Gasteiger partial charge in [-0.3, -0.25) is 0 Å². The molecule has 0 radical (unpaired) electrons. The van der Waals surface area contributed by atoms with E-state index < -0.39 is 0 Å². The lowest BCUT2D eigenvalue weighted by Crippen LogP contribution is -2.10. The molecule has 0 N–H and O–H groups in total. The van der Waals surface area contributed by atoms with Crippen molar-refractivity contribution >= 4 is 15.9 Å². The smallest absolute Gasteiger partial charge is 0.0395 e. The normalized spacial score (nSPS) is 13.1. The van der Waals surface area contributed by atoms with Crippen molar-refractivity contribution in [1.29, 1.82) is 0 Å². The lowest BCUT2D eigenvalue weighted by Gasteiger charge is -2.19. The van der Waals surface area contributed by atoms with Gasteiger partial charge in [0.2, 0.25) is 0 Å². The molecule has 0 heterocycles. The fourth-order valence-electron chi connectivity index (χ4n) is 2.49. The molecule has 0 aliphatic heterocycles. The lowest BCUT2D eigenvalue weighted by atomic mass is 9.86. The van der Waals surface area contributed by atoms with Crippen LogP contribution in [0.1, 0.15) is 55.1 Å². The van der Waals surface area contributed by atoms with Crippen LogP contribution in [0.15, 0.2) is 54.6 Å². The van der Waals surface area contributed by atoms with Crippen LogP contribution in [0.3, 0.4) is 0 Å². The fraction of sp³-hybridized carbons (Fsp3) is 0.400. The Morgan fingerprint density at radius 2 is 1.52 bits per heavy atom. The first-order chi connectivity index (χ1) is 9.97. The minimum atomic E-state index is 0.243. The standard InChI is InChI=1S/C20H25Br/c1-20(2,3)18-14-12-16(13-15-18)8-7-11-19(21)17-9-5-4-6-10-17/h4-6,9-10,12-15,19H,7-8,11H2,1-3H3. The predicted octanol–water partition coefficient (Wildman–Crippen LogP) is 6.44. The average molecular weight is 345 g/mol. The van der Waals surface area contributed by atoms with Crippen molar-refractivity contribution < 1.29 is 0 Å². The molecule has 0 bridgehead atoms. The molecule has 1 unspecified atom stereocenters. The van der Waals surface area contributed by atoms with Crippen molar-refractivity contribution in [1.82, 2.24) is 0 Å². The number of rotatable bonds is 5. The number of benzene rings is 2. The van der Waals surface area contributed by atoms with E-state index in [1.807, 2.05) is 0 Å². The van der Waals surface area contributed by atoms with Crippen LogP contribution in [-0.4, -0.2) is 0 Å². The second-order valence-corrected chi connectivity index (χ2v) is 7.82. The molecule has 2 aromatic carbocycles. The van der Waals surface area contributed by atoms with Crippen LogP contribution in [0.4, 0.5) is 0 Å². The SMILES string of the molecule is CC(C)(C)c1ccc(CCCC(Br)c2ccccc2)cc1. The monoisotopic (exact) mass is 344 g/mol. The first kappa shape index (κ1) is 16.3. The van der Waals surface area contributed by atoms with Gasteiger partial charge in [0, 0.05) is 4.83 Å². The number of aryl methyl sites for hydroxylation is 1. The predicted molar refractivity (Wildman–Crippen MR) is 96.2 cm³/mol. The van der Waals surface area contributed by atoms with Gasteiger partial charge >= 0.3 is 0 Å². The number of alkyl halides is 1. The molecule has 0 amide bonds. The molecule has 0 aliphatic carbocycles. The molecule has 0 aromatic heterocycles. The molecule has 21 heavy (non-hydrogen) atoms. The van der Waals surface area contributed by atoms with Crippen LogP contribution in [0.2, 0.25) is 0 Å². The van der Waals surface area contributed by atoms with E-state index in [4.69, 9.17) is 0 Å². The first-order valence-corrected chi connectivity index (χ1v) is 8.67. The van der Waals surface area contributed by atoms with Crippen LogP contribution in [0.5, 0.6) is 0 Å². The van der Waals surface area contributed by atoms with Crippen LogP contribution < -0.4 is 0 Å². The number of hydrogen-bond acceptors (Lipinski definition) is 0. The van der Waals surface area contributed by atoms with Gasteiger partial charge < -0.3 is 0 Å². The van der Waals surface area contributed by atoms with Crippen LogP contribution in [0, 0.1) is 0 Å². The second kappa shape index (κ2) is 7.26. The third-order valence-corrected chi connectivity index (χ3v) is 4.89. The average Bonchev–Trinajstić information content (AvgIpc) is 2.47. The van der Waals surface area contributed by atoms with E-state index in [1.54, 1.807) is 0 Å². The Morgan fingerprint density at radius 3 is 2.10 bits per heavy atom. The molecule has 1 heteroatoms. The fourth-order valence-corrected chi connectivity index (χ4v) is 3.11. The van der Waals surface area contributed by atoms with Gasteiger partial charge in [-0.2, -0.15) is 0 Å². The molecular weight excluding hydrogens is 320 g/mol. The second-order valence-electron chi connectivity index (χ2n) is 6.72. The zero-order valence-corrected chi connectivity index (χ0v) is 14.9. The molecular formula is C20H25Br. The summed E-state index contributed by atoms with van der Waals surface area (Å²) < 4.78 is 0. The summed E-state index contributed by atoms with van der Waals surface area (Å²) in [7, 11) is 0. The Labute approximate surface area is 137 Å². The Balaban J connectivity index is 1.84.